The van der Waals surface area contributed by atoms with Gasteiger partial charge in [0.1, 0.15) is 5.82 Å². The first-order chi connectivity index (χ1) is 15.9. The summed E-state index contributed by atoms with van der Waals surface area (Å²) in [7, 11) is 0. The van der Waals surface area contributed by atoms with Crippen molar-refractivity contribution in [3.8, 4) is 0 Å². The van der Waals surface area contributed by atoms with Gasteiger partial charge in [0, 0.05) is 25.6 Å². The molecule has 0 saturated heterocycles. The van der Waals surface area contributed by atoms with Gasteiger partial charge in [-0.1, -0.05) is 31.2 Å². The van der Waals surface area contributed by atoms with Crippen molar-refractivity contribution >= 4 is 27.8 Å². The van der Waals surface area contributed by atoms with Crippen LogP contribution in [-0.4, -0.2) is 36.0 Å². The second-order valence-electron chi connectivity index (χ2n) is 8.47. The lowest BCUT2D eigenvalue weighted by Gasteiger charge is -2.26. The second-order valence-corrected chi connectivity index (χ2v) is 8.47. The van der Waals surface area contributed by atoms with E-state index in [1.54, 1.807) is 32.2 Å². The third-order valence-corrected chi connectivity index (χ3v) is 5.85. The Hall–Kier alpha value is -3.68. The SMILES string of the molecule is CCCn1c(=O)n(CCC(=O)N(Cc2nc3ccccc3c(=O)[nH]2)C(C)C)c2ccccc21. The molecule has 8 heteroatoms. The summed E-state index contributed by atoms with van der Waals surface area (Å²) >= 11 is 0. The normalized spacial score (nSPS) is 11.5. The molecule has 0 saturated carbocycles. The Kier molecular flexibility index (Phi) is 6.44. The van der Waals surface area contributed by atoms with E-state index in [1.807, 2.05) is 51.1 Å². The molecule has 2 heterocycles. The molecule has 0 atom stereocenters. The minimum Gasteiger partial charge on any atom is -0.333 e. The number of hydrogen-bond acceptors (Lipinski definition) is 4. The summed E-state index contributed by atoms with van der Waals surface area (Å²) in [6.07, 6.45) is 1.03. The number of para-hydroxylation sites is 3. The van der Waals surface area contributed by atoms with Crippen molar-refractivity contribution in [2.75, 3.05) is 0 Å². The van der Waals surface area contributed by atoms with E-state index < -0.39 is 0 Å². The maximum absolute atomic E-state index is 13.2. The number of aryl methyl sites for hydroxylation is 2. The van der Waals surface area contributed by atoms with Crippen LogP contribution in [0.5, 0.6) is 0 Å². The number of nitrogens with one attached hydrogen (secondary N) is 1. The average Bonchev–Trinajstić information content (AvgIpc) is 3.07. The van der Waals surface area contributed by atoms with Gasteiger partial charge in [0.2, 0.25) is 5.91 Å². The lowest BCUT2D eigenvalue weighted by Crippen LogP contribution is -2.38. The fraction of sp³-hybridized carbons (Fsp3) is 0.360. The molecule has 33 heavy (non-hydrogen) atoms. The Labute approximate surface area is 191 Å². The van der Waals surface area contributed by atoms with Crippen LogP contribution in [0.4, 0.5) is 0 Å². The first kappa shape index (κ1) is 22.5. The molecule has 1 N–H and O–H groups in total. The zero-order chi connectivity index (χ0) is 23.5. The predicted octanol–water partition coefficient (Wildman–Crippen LogP) is 3.28. The Morgan fingerprint density at radius 2 is 1.64 bits per heavy atom. The van der Waals surface area contributed by atoms with Gasteiger partial charge < -0.3 is 9.88 Å². The molecule has 172 valence electrons. The minimum atomic E-state index is -0.220. The number of H-pyrrole nitrogens is 1. The van der Waals surface area contributed by atoms with Crippen LogP contribution in [0.2, 0.25) is 0 Å². The molecular formula is C25H29N5O3. The van der Waals surface area contributed by atoms with Crippen molar-refractivity contribution in [1.82, 2.24) is 24.0 Å². The quantitative estimate of drug-likeness (QED) is 0.449. The van der Waals surface area contributed by atoms with Crippen molar-refractivity contribution < 1.29 is 4.79 Å². The van der Waals surface area contributed by atoms with Crippen LogP contribution in [0.1, 0.15) is 39.4 Å². The summed E-state index contributed by atoms with van der Waals surface area (Å²) in [5.41, 5.74) is 2.00. The number of hydrogen-bond donors (Lipinski definition) is 1. The third-order valence-electron chi connectivity index (χ3n) is 5.85. The molecule has 0 spiro atoms. The molecule has 0 bridgehead atoms. The summed E-state index contributed by atoms with van der Waals surface area (Å²) in [4.78, 5) is 47.6. The molecule has 4 rings (SSSR count). The number of fused-ring (bicyclic) bond motifs is 2. The predicted molar refractivity (Wildman–Crippen MR) is 129 cm³/mol. The highest BCUT2D eigenvalue weighted by molar-refractivity contribution is 5.79. The molecule has 0 aliphatic heterocycles. The largest absolute Gasteiger partial charge is 0.333 e. The van der Waals surface area contributed by atoms with Gasteiger partial charge in [0.15, 0.2) is 0 Å². The maximum Gasteiger partial charge on any atom is 0.329 e. The molecule has 8 nitrogen and oxygen atoms in total. The third kappa shape index (κ3) is 4.46. The van der Waals surface area contributed by atoms with Crippen LogP contribution in [0.25, 0.3) is 21.9 Å². The van der Waals surface area contributed by atoms with E-state index in [0.29, 0.717) is 29.8 Å². The van der Waals surface area contributed by atoms with E-state index in [-0.39, 0.29) is 36.2 Å². The Morgan fingerprint density at radius 1 is 1.00 bits per heavy atom. The molecule has 1 amide bonds. The lowest BCUT2D eigenvalue weighted by atomic mass is 10.2. The van der Waals surface area contributed by atoms with Gasteiger partial charge in [-0.3, -0.25) is 18.7 Å². The Bertz CT molecular complexity index is 1410. The van der Waals surface area contributed by atoms with E-state index in [0.717, 1.165) is 17.5 Å². The van der Waals surface area contributed by atoms with Gasteiger partial charge >= 0.3 is 5.69 Å². The summed E-state index contributed by atoms with van der Waals surface area (Å²) in [6.45, 7) is 7.02. The smallest absolute Gasteiger partial charge is 0.329 e. The van der Waals surface area contributed by atoms with Gasteiger partial charge in [0.05, 0.1) is 28.5 Å². The van der Waals surface area contributed by atoms with Crippen LogP contribution in [0, 0.1) is 0 Å². The van der Waals surface area contributed by atoms with E-state index in [9.17, 15) is 14.4 Å². The summed E-state index contributed by atoms with van der Waals surface area (Å²) in [5, 5.41) is 0.520. The second kappa shape index (κ2) is 9.44. The topological polar surface area (TPSA) is 93.0 Å². The number of benzene rings is 2. The van der Waals surface area contributed by atoms with Gasteiger partial charge in [0.25, 0.3) is 5.56 Å². The number of aromatic amines is 1. The number of carbonyl (C=O) groups excluding carboxylic acids is 1. The lowest BCUT2D eigenvalue weighted by molar-refractivity contribution is -0.133. The standard InChI is InChI=1S/C25H29N5O3/c1-4-14-28-20-11-7-8-12-21(20)29(25(28)33)15-13-23(31)30(17(2)3)16-22-26-19-10-6-5-9-18(19)24(32)27-22/h5-12,17H,4,13-16H2,1-3H3,(H,26,27,32). The van der Waals surface area contributed by atoms with Crippen molar-refractivity contribution in [2.45, 2.75) is 59.3 Å². The van der Waals surface area contributed by atoms with Crippen LogP contribution in [0.15, 0.2) is 58.1 Å². The number of aromatic nitrogens is 4. The zero-order valence-corrected chi connectivity index (χ0v) is 19.2. The molecule has 0 radical (unpaired) electrons. The molecule has 2 aromatic heterocycles. The molecule has 0 unspecified atom stereocenters. The number of rotatable bonds is 8. The molecule has 0 fully saturated rings. The first-order valence-electron chi connectivity index (χ1n) is 11.4. The number of carbonyl (C=O) groups is 1. The molecule has 0 aliphatic carbocycles. The highest BCUT2D eigenvalue weighted by atomic mass is 16.2. The van der Waals surface area contributed by atoms with Crippen molar-refractivity contribution in [3.05, 3.63) is 75.2 Å². The van der Waals surface area contributed by atoms with E-state index >= 15 is 0 Å². The van der Waals surface area contributed by atoms with Crippen molar-refractivity contribution in [1.29, 1.82) is 0 Å². The summed E-state index contributed by atoms with van der Waals surface area (Å²) in [5.74, 6) is 0.345. The van der Waals surface area contributed by atoms with Gasteiger partial charge in [-0.05, 0) is 44.5 Å². The van der Waals surface area contributed by atoms with Crippen LogP contribution >= 0.6 is 0 Å². The van der Waals surface area contributed by atoms with Gasteiger partial charge in [-0.15, -0.1) is 0 Å². The summed E-state index contributed by atoms with van der Waals surface area (Å²) in [6, 6.07) is 14.7. The minimum absolute atomic E-state index is 0.0903. The number of nitrogens with zero attached hydrogens (tertiary/aromatic N) is 4. The van der Waals surface area contributed by atoms with Crippen LogP contribution in [0.3, 0.4) is 0 Å². The van der Waals surface area contributed by atoms with Gasteiger partial charge in [-0.2, -0.15) is 0 Å². The Morgan fingerprint density at radius 3 is 2.30 bits per heavy atom. The highest BCUT2D eigenvalue weighted by Crippen LogP contribution is 2.15. The van der Waals surface area contributed by atoms with E-state index in [4.69, 9.17) is 0 Å². The van der Waals surface area contributed by atoms with E-state index in [2.05, 4.69) is 9.97 Å². The summed E-state index contributed by atoms with van der Waals surface area (Å²) < 4.78 is 3.45. The fourth-order valence-corrected chi connectivity index (χ4v) is 4.21. The van der Waals surface area contributed by atoms with Gasteiger partial charge in [-0.25, -0.2) is 9.78 Å². The van der Waals surface area contributed by atoms with Crippen LogP contribution in [-0.2, 0) is 24.4 Å². The number of imidazole rings is 1. The van der Waals surface area contributed by atoms with Crippen LogP contribution < -0.4 is 11.2 Å². The molecule has 4 aromatic rings. The monoisotopic (exact) mass is 447 g/mol. The molecular weight excluding hydrogens is 418 g/mol. The molecule has 2 aromatic carbocycles. The average molecular weight is 448 g/mol. The van der Waals surface area contributed by atoms with E-state index in [1.165, 1.54) is 0 Å². The first-order valence-corrected chi connectivity index (χ1v) is 11.4. The maximum atomic E-state index is 13.2. The molecule has 0 aliphatic rings. The fourth-order valence-electron chi connectivity index (χ4n) is 4.21. The highest BCUT2D eigenvalue weighted by Gasteiger charge is 2.20. The van der Waals surface area contributed by atoms with Crippen molar-refractivity contribution in [3.63, 3.8) is 0 Å². The van der Waals surface area contributed by atoms with Crippen molar-refractivity contribution in [2.24, 2.45) is 0 Å². The Balaban J connectivity index is 1.56. The zero-order valence-electron chi connectivity index (χ0n) is 19.2. The number of amides is 1.